The molecule has 0 radical (unpaired) electrons. The maximum atomic E-state index is 14.2. The molecule has 2 aromatic carbocycles. The van der Waals surface area contributed by atoms with E-state index in [-0.39, 0.29) is 16.0 Å². The van der Waals surface area contributed by atoms with E-state index in [0.717, 1.165) is 19.3 Å². The number of likely N-dealkylation sites (N-methyl/N-ethyl adjacent to an activating group) is 1. The maximum absolute atomic E-state index is 14.2. The van der Waals surface area contributed by atoms with Crippen LogP contribution in [-0.2, 0) is 9.84 Å². The Balaban J connectivity index is 2.07. The average molecular weight is 450 g/mol. The molecular weight excluding hydrogens is 425 g/mol. The lowest BCUT2D eigenvalue weighted by molar-refractivity contribution is 0.0980. The van der Waals surface area contributed by atoms with E-state index in [2.05, 4.69) is 9.88 Å². The molecular formula is C21H24FN3O3S2. The number of rotatable bonds is 8. The van der Waals surface area contributed by atoms with Crippen LogP contribution in [0.5, 0.6) is 0 Å². The van der Waals surface area contributed by atoms with Crippen LogP contribution in [0.15, 0.2) is 47.4 Å². The second kappa shape index (κ2) is 9.20. The Morgan fingerprint density at radius 2 is 1.77 bits per heavy atom. The average Bonchev–Trinajstić information content (AvgIpc) is 3.15. The van der Waals surface area contributed by atoms with Crippen LogP contribution in [0.25, 0.3) is 10.2 Å². The molecule has 0 unspecified atom stereocenters. The fourth-order valence-corrected chi connectivity index (χ4v) is 5.08. The SMILES string of the molecule is CCN(CC)CCN(C(=O)c1ccccc1S(C)(=O)=O)c1nc2c(F)cccc2s1. The van der Waals surface area contributed by atoms with Gasteiger partial charge >= 0.3 is 0 Å². The second-order valence-electron chi connectivity index (χ2n) is 6.84. The fourth-order valence-electron chi connectivity index (χ4n) is 3.20. The topological polar surface area (TPSA) is 70.6 Å². The van der Waals surface area contributed by atoms with Crippen molar-refractivity contribution in [2.24, 2.45) is 0 Å². The van der Waals surface area contributed by atoms with E-state index in [1.54, 1.807) is 24.3 Å². The van der Waals surface area contributed by atoms with Crippen molar-refractivity contribution in [2.75, 3.05) is 37.3 Å². The largest absolute Gasteiger partial charge is 0.302 e. The smallest absolute Gasteiger partial charge is 0.261 e. The van der Waals surface area contributed by atoms with E-state index in [1.807, 2.05) is 13.8 Å². The van der Waals surface area contributed by atoms with Crippen molar-refractivity contribution in [3.63, 3.8) is 0 Å². The number of benzene rings is 2. The van der Waals surface area contributed by atoms with Crippen LogP contribution in [0.3, 0.4) is 0 Å². The van der Waals surface area contributed by atoms with Crippen LogP contribution in [0.1, 0.15) is 24.2 Å². The molecule has 3 rings (SSSR count). The third-order valence-electron chi connectivity index (χ3n) is 4.89. The van der Waals surface area contributed by atoms with Gasteiger partial charge in [-0.1, -0.05) is 43.4 Å². The molecule has 0 aliphatic rings. The predicted molar refractivity (Wildman–Crippen MR) is 119 cm³/mol. The van der Waals surface area contributed by atoms with E-state index < -0.39 is 21.6 Å². The number of aromatic nitrogens is 1. The molecule has 0 N–H and O–H groups in total. The number of fused-ring (bicyclic) bond motifs is 1. The molecule has 0 bridgehead atoms. The summed E-state index contributed by atoms with van der Waals surface area (Å²) < 4.78 is 39.3. The van der Waals surface area contributed by atoms with Gasteiger partial charge in [-0.05, 0) is 37.4 Å². The number of thiazole rings is 1. The molecule has 1 heterocycles. The number of nitrogens with zero attached hydrogens (tertiary/aromatic N) is 3. The third-order valence-corrected chi connectivity index (χ3v) is 7.08. The highest BCUT2D eigenvalue weighted by molar-refractivity contribution is 7.90. The summed E-state index contributed by atoms with van der Waals surface area (Å²) >= 11 is 1.21. The summed E-state index contributed by atoms with van der Waals surface area (Å²) in [7, 11) is -3.60. The Labute approximate surface area is 179 Å². The Kier molecular flexibility index (Phi) is 6.84. The first-order valence-electron chi connectivity index (χ1n) is 9.64. The van der Waals surface area contributed by atoms with Crippen molar-refractivity contribution >= 4 is 42.4 Å². The summed E-state index contributed by atoms with van der Waals surface area (Å²) in [5, 5.41) is 0.343. The fraction of sp³-hybridized carbons (Fsp3) is 0.333. The van der Waals surface area contributed by atoms with E-state index in [1.165, 1.54) is 34.4 Å². The Bertz CT molecular complexity index is 1160. The van der Waals surface area contributed by atoms with Crippen LogP contribution >= 0.6 is 11.3 Å². The first kappa shape index (κ1) is 22.3. The number of carbonyl (C=O) groups excluding carboxylic acids is 1. The van der Waals surface area contributed by atoms with E-state index in [0.29, 0.717) is 22.9 Å². The summed E-state index contributed by atoms with van der Waals surface area (Å²) in [4.78, 5) is 21.4. The molecule has 3 aromatic rings. The highest BCUT2D eigenvalue weighted by atomic mass is 32.2. The van der Waals surface area contributed by atoms with Gasteiger partial charge in [0.2, 0.25) is 0 Å². The van der Waals surface area contributed by atoms with Crippen LogP contribution < -0.4 is 4.90 Å². The summed E-state index contributed by atoms with van der Waals surface area (Å²) in [5.74, 6) is -0.926. The lowest BCUT2D eigenvalue weighted by Crippen LogP contribution is -2.39. The minimum absolute atomic E-state index is 0.0323. The van der Waals surface area contributed by atoms with Crippen LogP contribution in [0.4, 0.5) is 9.52 Å². The summed E-state index contributed by atoms with van der Waals surface area (Å²) in [6, 6.07) is 10.8. The number of sulfone groups is 1. The van der Waals surface area contributed by atoms with Gasteiger partial charge < -0.3 is 4.90 Å². The van der Waals surface area contributed by atoms with Crippen molar-refractivity contribution in [1.29, 1.82) is 0 Å². The Hall–Kier alpha value is -2.36. The molecule has 30 heavy (non-hydrogen) atoms. The van der Waals surface area contributed by atoms with Gasteiger partial charge in [-0.25, -0.2) is 17.8 Å². The van der Waals surface area contributed by atoms with Gasteiger partial charge in [-0.15, -0.1) is 0 Å². The molecule has 0 fully saturated rings. The summed E-state index contributed by atoms with van der Waals surface area (Å²) in [5.41, 5.74) is 0.286. The Morgan fingerprint density at radius 1 is 1.07 bits per heavy atom. The lowest BCUT2D eigenvalue weighted by Gasteiger charge is -2.25. The molecule has 1 aromatic heterocycles. The molecule has 1 amide bonds. The maximum Gasteiger partial charge on any atom is 0.261 e. The van der Waals surface area contributed by atoms with Crippen LogP contribution in [0, 0.1) is 5.82 Å². The summed E-state index contributed by atoms with van der Waals surface area (Å²) in [6.45, 7) is 6.57. The monoisotopic (exact) mass is 449 g/mol. The number of carbonyl (C=O) groups is 1. The first-order valence-corrected chi connectivity index (χ1v) is 12.3. The van der Waals surface area contributed by atoms with Gasteiger partial charge in [-0.2, -0.15) is 0 Å². The van der Waals surface area contributed by atoms with Crippen molar-refractivity contribution in [2.45, 2.75) is 18.7 Å². The van der Waals surface area contributed by atoms with Gasteiger partial charge in [0.15, 0.2) is 15.0 Å². The number of anilines is 1. The highest BCUT2D eigenvalue weighted by Crippen LogP contribution is 2.31. The van der Waals surface area contributed by atoms with Gasteiger partial charge in [-0.3, -0.25) is 9.69 Å². The van der Waals surface area contributed by atoms with Gasteiger partial charge in [0, 0.05) is 19.3 Å². The normalized spacial score (nSPS) is 11.9. The molecule has 6 nitrogen and oxygen atoms in total. The van der Waals surface area contributed by atoms with Gasteiger partial charge in [0.25, 0.3) is 5.91 Å². The number of halogens is 1. The molecule has 160 valence electrons. The molecule has 0 spiro atoms. The molecule has 0 atom stereocenters. The molecule has 0 aliphatic heterocycles. The van der Waals surface area contributed by atoms with E-state index in [4.69, 9.17) is 0 Å². The molecule has 0 aliphatic carbocycles. The first-order chi connectivity index (χ1) is 14.3. The second-order valence-corrected chi connectivity index (χ2v) is 9.83. The van der Waals surface area contributed by atoms with Crippen molar-refractivity contribution in [3.8, 4) is 0 Å². The van der Waals surface area contributed by atoms with E-state index >= 15 is 0 Å². The minimum Gasteiger partial charge on any atom is -0.302 e. The number of hydrogen-bond acceptors (Lipinski definition) is 6. The van der Waals surface area contributed by atoms with Gasteiger partial charge in [0.05, 0.1) is 15.2 Å². The highest BCUT2D eigenvalue weighted by Gasteiger charge is 2.26. The molecule has 0 saturated heterocycles. The minimum atomic E-state index is -3.60. The van der Waals surface area contributed by atoms with Crippen molar-refractivity contribution in [1.82, 2.24) is 9.88 Å². The van der Waals surface area contributed by atoms with Crippen LogP contribution in [-0.4, -0.2) is 56.6 Å². The lowest BCUT2D eigenvalue weighted by atomic mass is 10.2. The third kappa shape index (κ3) is 4.69. The summed E-state index contributed by atoms with van der Waals surface area (Å²) in [6.07, 6.45) is 1.08. The van der Waals surface area contributed by atoms with Gasteiger partial charge in [0.1, 0.15) is 11.3 Å². The zero-order valence-electron chi connectivity index (χ0n) is 17.1. The quantitative estimate of drug-likeness (QED) is 0.523. The van der Waals surface area contributed by atoms with Crippen molar-refractivity contribution in [3.05, 3.63) is 53.8 Å². The predicted octanol–water partition coefficient (Wildman–Crippen LogP) is 3.83. The Morgan fingerprint density at radius 3 is 2.40 bits per heavy atom. The number of amides is 1. The molecule has 9 heteroatoms. The van der Waals surface area contributed by atoms with Crippen molar-refractivity contribution < 1.29 is 17.6 Å². The zero-order chi connectivity index (χ0) is 21.9. The van der Waals surface area contributed by atoms with Crippen LogP contribution in [0.2, 0.25) is 0 Å². The number of hydrogen-bond donors (Lipinski definition) is 0. The zero-order valence-corrected chi connectivity index (χ0v) is 18.8. The molecule has 0 saturated carbocycles. The van der Waals surface area contributed by atoms with E-state index in [9.17, 15) is 17.6 Å². The standard InChI is InChI=1S/C21H24FN3O3S2/c1-4-24(5-2)13-14-25(21-23-19-16(22)10-8-11-17(19)29-21)20(26)15-9-6-7-12-18(15)30(3,27)28/h6-12H,4-5,13-14H2,1-3H3. The number of para-hydroxylation sites is 1.